The number of rotatable bonds is 3. The van der Waals surface area contributed by atoms with Gasteiger partial charge in [0.1, 0.15) is 0 Å². The second-order valence-electron chi connectivity index (χ2n) is 5.42. The highest BCUT2D eigenvalue weighted by Crippen LogP contribution is 2.24. The van der Waals surface area contributed by atoms with Crippen LogP contribution in [0.5, 0.6) is 0 Å². The number of nitrogens with two attached hydrogens (primary N) is 1. The van der Waals surface area contributed by atoms with Gasteiger partial charge in [-0.15, -0.1) is 0 Å². The summed E-state index contributed by atoms with van der Waals surface area (Å²) in [5.41, 5.74) is 4.83. The molecule has 0 aromatic rings. The lowest BCUT2D eigenvalue weighted by molar-refractivity contribution is -0.127. The van der Waals surface area contributed by atoms with Crippen LogP contribution < -0.4 is 11.1 Å². The van der Waals surface area contributed by atoms with Crippen molar-refractivity contribution in [2.75, 3.05) is 0 Å². The molecule has 0 saturated heterocycles. The molecule has 3 N–H and O–H groups in total. The predicted octanol–water partition coefficient (Wildman–Crippen LogP) is 1.99. The lowest BCUT2D eigenvalue weighted by atomic mass is 9.86. The molecule has 1 rings (SSSR count). The van der Waals surface area contributed by atoms with E-state index >= 15 is 0 Å². The van der Waals surface area contributed by atoms with Gasteiger partial charge in [-0.1, -0.05) is 19.1 Å². The van der Waals surface area contributed by atoms with Crippen LogP contribution in [0.4, 0.5) is 0 Å². The van der Waals surface area contributed by atoms with Crippen LogP contribution >= 0.6 is 12.2 Å². The summed E-state index contributed by atoms with van der Waals surface area (Å²) in [6.07, 6.45) is 4.53. The normalized spacial score (nSPS) is 26.2. The summed E-state index contributed by atoms with van der Waals surface area (Å²) in [4.78, 5) is 12.2. The molecule has 1 amide bonds. The maximum absolute atomic E-state index is 12.0. The number of hydrogen-bond donors (Lipinski definition) is 2. The first-order valence-corrected chi connectivity index (χ1v) is 6.35. The number of carbonyl (C=O) groups is 1. The van der Waals surface area contributed by atoms with E-state index in [1.54, 1.807) is 13.8 Å². The Kier molecular flexibility index (Phi) is 4.30. The van der Waals surface area contributed by atoms with Gasteiger partial charge in [0.25, 0.3) is 0 Å². The van der Waals surface area contributed by atoms with E-state index in [1.807, 2.05) is 0 Å². The number of hydrogen-bond acceptors (Lipinski definition) is 2. The lowest BCUT2D eigenvalue weighted by Crippen LogP contribution is -2.49. The van der Waals surface area contributed by atoms with Gasteiger partial charge in [0, 0.05) is 6.04 Å². The van der Waals surface area contributed by atoms with Crippen molar-refractivity contribution in [1.29, 1.82) is 0 Å². The molecule has 4 heteroatoms. The Hall–Kier alpha value is -0.640. The number of amides is 1. The first-order valence-electron chi connectivity index (χ1n) is 5.95. The molecule has 1 saturated carbocycles. The minimum atomic E-state index is -0.738. The summed E-state index contributed by atoms with van der Waals surface area (Å²) >= 11 is 4.91. The average Bonchev–Trinajstić information content (AvgIpc) is 2.21. The van der Waals surface area contributed by atoms with Crippen molar-refractivity contribution in [2.45, 2.75) is 52.5 Å². The Bertz CT molecular complexity index is 281. The largest absolute Gasteiger partial charge is 0.392 e. The quantitative estimate of drug-likeness (QED) is 0.744. The molecule has 0 spiro atoms. The summed E-state index contributed by atoms with van der Waals surface area (Å²) in [7, 11) is 0. The van der Waals surface area contributed by atoms with E-state index < -0.39 is 5.41 Å². The molecule has 92 valence electrons. The van der Waals surface area contributed by atoms with Crippen LogP contribution in [0.2, 0.25) is 0 Å². The van der Waals surface area contributed by atoms with Gasteiger partial charge in [-0.25, -0.2) is 0 Å². The van der Waals surface area contributed by atoms with Crippen molar-refractivity contribution >= 4 is 23.1 Å². The summed E-state index contributed by atoms with van der Waals surface area (Å²) in [6, 6.07) is 0.303. The first kappa shape index (κ1) is 13.4. The van der Waals surface area contributed by atoms with Gasteiger partial charge >= 0.3 is 0 Å². The fourth-order valence-electron chi connectivity index (χ4n) is 1.88. The standard InChI is InChI=1S/C12H22N2OS/c1-8-4-6-9(7-5-8)14-11(15)12(2,3)10(13)16/h8-9H,4-7H2,1-3H3,(H2,13,16)(H,14,15). The van der Waals surface area contributed by atoms with Gasteiger partial charge in [-0.05, 0) is 45.4 Å². The molecule has 0 aromatic heterocycles. The monoisotopic (exact) mass is 242 g/mol. The van der Waals surface area contributed by atoms with Crippen LogP contribution in [-0.4, -0.2) is 16.9 Å². The maximum Gasteiger partial charge on any atom is 0.232 e. The molecule has 1 fully saturated rings. The van der Waals surface area contributed by atoms with Crippen LogP contribution in [0, 0.1) is 11.3 Å². The molecule has 0 bridgehead atoms. The molecule has 0 heterocycles. The van der Waals surface area contributed by atoms with E-state index in [0.717, 1.165) is 18.8 Å². The smallest absolute Gasteiger partial charge is 0.232 e. The number of nitrogens with one attached hydrogen (secondary N) is 1. The van der Waals surface area contributed by atoms with E-state index in [2.05, 4.69) is 12.2 Å². The van der Waals surface area contributed by atoms with Crippen molar-refractivity contribution in [2.24, 2.45) is 17.1 Å². The zero-order valence-corrected chi connectivity index (χ0v) is 11.2. The van der Waals surface area contributed by atoms with Gasteiger partial charge in [-0.2, -0.15) is 0 Å². The Morgan fingerprint density at radius 1 is 1.31 bits per heavy atom. The molecule has 0 aromatic carbocycles. The topological polar surface area (TPSA) is 55.1 Å². The fourth-order valence-corrected chi connectivity index (χ4v) is 1.97. The molecular formula is C12H22N2OS. The third kappa shape index (κ3) is 3.17. The van der Waals surface area contributed by atoms with Crippen LogP contribution in [0.1, 0.15) is 46.5 Å². The minimum Gasteiger partial charge on any atom is -0.392 e. The maximum atomic E-state index is 12.0. The molecule has 0 aliphatic heterocycles. The third-order valence-corrected chi connectivity index (χ3v) is 4.05. The predicted molar refractivity (Wildman–Crippen MR) is 70.1 cm³/mol. The van der Waals surface area contributed by atoms with Crippen molar-refractivity contribution in [3.8, 4) is 0 Å². The van der Waals surface area contributed by atoms with Crippen molar-refractivity contribution in [3.05, 3.63) is 0 Å². The number of thiocarbonyl (C=S) groups is 1. The second-order valence-corrected chi connectivity index (χ2v) is 5.86. The summed E-state index contributed by atoms with van der Waals surface area (Å²) in [5, 5.41) is 3.05. The summed E-state index contributed by atoms with van der Waals surface area (Å²) in [5.74, 6) is 0.747. The molecule has 0 atom stereocenters. The van der Waals surface area contributed by atoms with Crippen molar-refractivity contribution < 1.29 is 4.79 Å². The van der Waals surface area contributed by atoms with Crippen molar-refractivity contribution in [1.82, 2.24) is 5.32 Å². The highest BCUT2D eigenvalue weighted by molar-refractivity contribution is 7.80. The third-order valence-electron chi connectivity index (χ3n) is 3.53. The van der Waals surface area contributed by atoms with E-state index in [1.165, 1.54) is 12.8 Å². The van der Waals surface area contributed by atoms with Crippen LogP contribution in [0.3, 0.4) is 0 Å². The second kappa shape index (κ2) is 5.13. The van der Waals surface area contributed by atoms with Crippen LogP contribution in [0.25, 0.3) is 0 Å². The molecule has 1 aliphatic carbocycles. The Morgan fingerprint density at radius 3 is 2.25 bits per heavy atom. The average molecular weight is 242 g/mol. The first-order chi connectivity index (χ1) is 7.34. The van der Waals surface area contributed by atoms with Crippen LogP contribution in [0.15, 0.2) is 0 Å². The van der Waals surface area contributed by atoms with E-state index in [9.17, 15) is 4.79 Å². The highest BCUT2D eigenvalue weighted by atomic mass is 32.1. The zero-order chi connectivity index (χ0) is 12.3. The fraction of sp³-hybridized carbons (Fsp3) is 0.833. The molecule has 1 aliphatic rings. The summed E-state index contributed by atoms with van der Waals surface area (Å²) < 4.78 is 0. The van der Waals surface area contributed by atoms with E-state index in [4.69, 9.17) is 18.0 Å². The van der Waals surface area contributed by atoms with Crippen LogP contribution in [-0.2, 0) is 4.79 Å². The van der Waals surface area contributed by atoms with Gasteiger partial charge in [-0.3, -0.25) is 4.79 Å². The van der Waals surface area contributed by atoms with E-state index in [-0.39, 0.29) is 10.9 Å². The highest BCUT2D eigenvalue weighted by Gasteiger charge is 2.32. The molecular weight excluding hydrogens is 220 g/mol. The SMILES string of the molecule is CC1CCC(NC(=O)C(C)(C)C(N)=S)CC1. The Labute approximate surface area is 103 Å². The number of carbonyl (C=O) groups excluding carboxylic acids is 1. The minimum absolute atomic E-state index is 0.0421. The van der Waals surface area contributed by atoms with E-state index in [0.29, 0.717) is 6.04 Å². The molecule has 16 heavy (non-hydrogen) atoms. The Morgan fingerprint density at radius 2 is 1.81 bits per heavy atom. The van der Waals surface area contributed by atoms with Crippen molar-refractivity contribution in [3.63, 3.8) is 0 Å². The zero-order valence-electron chi connectivity index (χ0n) is 10.4. The van der Waals surface area contributed by atoms with Gasteiger partial charge in [0.05, 0.1) is 10.4 Å². The molecule has 0 unspecified atom stereocenters. The van der Waals surface area contributed by atoms with Gasteiger partial charge in [0.2, 0.25) is 5.91 Å². The Balaban J connectivity index is 2.49. The molecule has 3 nitrogen and oxygen atoms in total. The van der Waals surface area contributed by atoms with Gasteiger partial charge in [0.15, 0.2) is 0 Å². The molecule has 0 radical (unpaired) electrons. The summed E-state index contributed by atoms with van der Waals surface area (Å²) in [6.45, 7) is 5.81. The van der Waals surface area contributed by atoms with Gasteiger partial charge < -0.3 is 11.1 Å². The lowest BCUT2D eigenvalue weighted by Gasteiger charge is -2.30.